The lowest BCUT2D eigenvalue weighted by molar-refractivity contribution is -0.139. The van der Waals surface area contributed by atoms with Crippen LogP contribution in [0.15, 0.2) is 48.5 Å². The first-order valence-electron chi connectivity index (χ1n) is 12.1. The molecule has 7 heteroatoms. The molecule has 5 rings (SSSR count). The van der Waals surface area contributed by atoms with E-state index in [2.05, 4.69) is 29.6 Å². The summed E-state index contributed by atoms with van der Waals surface area (Å²) in [4.78, 5) is 38.9. The second-order valence-electron chi connectivity index (χ2n) is 9.58. The number of ether oxygens (including phenoxy) is 1. The number of rotatable bonds is 7. The minimum Gasteiger partial charge on any atom is -0.481 e. The number of fused-ring (bicyclic) bond motifs is 4. The minimum atomic E-state index is -0.772. The van der Waals surface area contributed by atoms with Gasteiger partial charge in [0.05, 0.1) is 5.92 Å². The molecule has 178 valence electrons. The Balaban J connectivity index is 1.21. The van der Waals surface area contributed by atoms with Crippen molar-refractivity contribution in [3.05, 3.63) is 59.7 Å². The predicted molar refractivity (Wildman–Crippen MR) is 126 cm³/mol. The SMILES string of the molecule is CCC[C@H](NC(=O)OCC1c2ccccc2-c2ccccc21)C(=O)N1CC[C@@H]2C(C(=O)O)[C@@H]2C1. The molecule has 3 aliphatic rings. The van der Waals surface area contributed by atoms with Crippen molar-refractivity contribution < 1.29 is 24.2 Å². The number of amides is 2. The number of benzene rings is 2. The van der Waals surface area contributed by atoms with E-state index in [4.69, 9.17) is 4.74 Å². The van der Waals surface area contributed by atoms with Crippen molar-refractivity contribution >= 4 is 18.0 Å². The molecular weight excluding hydrogens is 432 g/mol. The van der Waals surface area contributed by atoms with E-state index in [0.717, 1.165) is 28.7 Å². The number of alkyl carbamates (subject to hydrolysis) is 1. The molecule has 2 amide bonds. The molecule has 1 heterocycles. The fourth-order valence-corrected chi connectivity index (χ4v) is 5.85. The largest absolute Gasteiger partial charge is 0.481 e. The molecule has 34 heavy (non-hydrogen) atoms. The second-order valence-corrected chi connectivity index (χ2v) is 9.58. The fourth-order valence-electron chi connectivity index (χ4n) is 5.85. The third kappa shape index (κ3) is 4.04. The van der Waals surface area contributed by atoms with Crippen molar-refractivity contribution in [2.24, 2.45) is 17.8 Å². The molecule has 2 aromatic rings. The zero-order chi connectivity index (χ0) is 23.8. The number of likely N-dealkylation sites (tertiary alicyclic amines) is 1. The van der Waals surface area contributed by atoms with Gasteiger partial charge in [0.1, 0.15) is 12.6 Å². The van der Waals surface area contributed by atoms with Crippen LogP contribution in [0.4, 0.5) is 4.79 Å². The second kappa shape index (κ2) is 9.12. The summed E-state index contributed by atoms with van der Waals surface area (Å²) in [6.45, 7) is 3.15. The monoisotopic (exact) mass is 462 g/mol. The quantitative estimate of drug-likeness (QED) is 0.651. The standard InChI is InChI=1S/C27H30N2O5/c1-2-7-23(25(30)29-13-12-20-21(14-29)24(20)26(31)32)28-27(33)34-15-22-18-10-5-3-8-16(18)17-9-4-6-11-19(17)22/h3-6,8-11,20-24H,2,7,12-15H2,1H3,(H,28,33)(H,31,32)/t20-,21+,23-,24?/m0/s1. The van der Waals surface area contributed by atoms with Crippen LogP contribution >= 0.6 is 0 Å². The van der Waals surface area contributed by atoms with Gasteiger partial charge in [-0.05, 0) is 46.9 Å². The molecule has 4 atom stereocenters. The molecular formula is C27H30N2O5. The van der Waals surface area contributed by atoms with Crippen molar-refractivity contribution in [1.29, 1.82) is 0 Å². The number of carbonyl (C=O) groups excluding carboxylic acids is 2. The van der Waals surface area contributed by atoms with Gasteiger partial charge in [0.2, 0.25) is 5.91 Å². The van der Waals surface area contributed by atoms with Crippen LogP contribution in [-0.4, -0.2) is 53.7 Å². The Morgan fingerprint density at radius 3 is 2.32 bits per heavy atom. The topological polar surface area (TPSA) is 95.9 Å². The Morgan fingerprint density at radius 1 is 1.06 bits per heavy atom. The van der Waals surface area contributed by atoms with Gasteiger partial charge < -0.3 is 20.1 Å². The Labute approximate surface area is 199 Å². The average Bonchev–Trinajstić information content (AvgIpc) is 3.49. The fraction of sp³-hybridized carbons (Fsp3) is 0.444. The predicted octanol–water partition coefficient (Wildman–Crippen LogP) is 3.87. The van der Waals surface area contributed by atoms with Crippen LogP contribution in [0.5, 0.6) is 0 Å². The van der Waals surface area contributed by atoms with Crippen LogP contribution in [0.3, 0.4) is 0 Å². The number of carbonyl (C=O) groups is 3. The Morgan fingerprint density at radius 2 is 1.71 bits per heavy atom. The van der Waals surface area contributed by atoms with E-state index in [1.807, 2.05) is 31.2 Å². The van der Waals surface area contributed by atoms with E-state index in [-0.39, 0.29) is 36.2 Å². The van der Waals surface area contributed by atoms with Gasteiger partial charge >= 0.3 is 12.1 Å². The highest BCUT2D eigenvalue weighted by Gasteiger charge is 2.57. The number of nitrogens with one attached hydrogen (secondary N) is 1. The molecule has 1 aliphatic heterocycles. The summed E-state index contributed by atoms with van der Waals surface area (Å²) < 4.78 is 5.63. The number of hydrogen-bond donors (Lipinski definition) is 2. The van der Waals surface area contributed by atoms with E-state index in [9.17, 15) is 19.5 Å². The first kappa shape index (κ1) is 22.4. The summed E-state index contributed by atoms with van der Waals surface area (Å²) in [7, 11) is 0. The van der Waals surface area contributed by atoms with Crippen LogP contribution < -0.4 is 5.32 Å². The first-order valence-corrected chi connectivity index (χ1v) is 12.1. The molecule has 2 aromatic carbocycles. The summed E-state index contributed by atoms with van der Waals surface area (Å²) >= 11 is 0. The Hall–Kier alpha value is -3.35. The number of aliphatic carboxylic acids is 1. The van der Waals surface area contributed by atoms with E-state index < -0.39 is 18.1 Å². The lowest BCUT2D eigenvalue weighted by Crippen LogP contribution is -2.50. The van der Waals surface area contributed by atoms with Gasteiger partial charge in [0.15, 0.2) is 0 Å². The van der Waals surface area contributed by atoms with Crippen molar-refractivity contribution in [2.45, 2.75) is 38.1 Å². The molecule has 1 unspecified atom stereocenters. The van der Waals surface area contributed by atoms with Crippen molar-refractivity contribution in [3.8, 4) is 11.1 Å². The maximum Gasteiger partial charge on any atom is 0.407 e. The number of nitrogens with zero attached hydrogens (tertiary/aromatic N) is 1. The molecule has 1 saturated carbocycles. The van der Waals surface area contributed by atoms with E-state index in [1.165, 1.54) is 0 Å². The maximum absolute atomic E-state index is 13.2. The molecule has 7 nitrogen and oxygen atoms in total. The summed E-state index contributed by atoms with van der Waals surface area (Å²) in [5.74, 6) is -1.08. The van der Waals surface area contributed by atoms with Crippen LogP contribution in [0.25, 0.3) is 11.1 Å². The molecule has 0 spiro atoms. The number of hydrogen-bond acceptors (Lipinski definition) is 4. The number of carboxylic acid groups (broad SMARTS) is 1. The van der Waals surface area contributed by atoms with Gasteiger partial charge in [-0.2, -0.15) is 0 Å². The Bertz CT molecular complexity index is 1070. The van der Waals surface area contributed by atoms with E-state index >= 15 is 0 Å². The lowest BCUT2D eigenvalue weighted by atomic mass is 9.98. The normalized spacial score (nSPS) is 23.3. The van der Waals surface area contributed by atoms with Crippen molar-refractivity contribution in [1.82, 2.24) is 10.2 Å². The Kier molecular flexibility index (Phi) is 6.02. The van der Waals surface area contributed by atoms with Crippen molar-refractivity contribution in [3.63, 3.8) is 0 Å². The molecule has 2 N–H and O–H groups in total. The van der Waals surface area contributed by atoms with Gasteiger partial charge in [0.25, 0.3) is 0 Å². The van der Waals surface area contributed by atoms with Gasteiger partial charge in [-0.25, -0.2) is 4.79 Å². The first-order chi connectivity index (χ1) is 16.5. The summed E-state index contributed by atoms with van der Waals surface area (Å²) in [6.07, 6.45) is 1.35. The maximum atomic E-state index is 13.2. The van der Waals surface area contributed by atoms with Gasteiger partial charge in [0, 0.05) is 19.0 Å². The molecule has 0 radical (unpaired) electrons. The summed E-state index contributed by atoms with van der Waals surface area (Å²) in [5.41, 5.74) is 4.60. The zero-order valence-corrected chi connectivity index (χ0v) is 19.3. The molecule has 0 aromatic heterocycles. The van der Waals surface area contributed by atoms with Crippen LogP contribution in [0, 0.1) is 17.8 Å². The summed E-state index contributed by atoms with van der Waals surface area (Å²) in [6, 6.07) is 15.6. The number of piperidine rings is 1. The average molecular weight is 463 g/mol. The van der Waals surface area contributed by atoms with Gasteiger partial charge in [-0.3, -0.25) is 9.59 Å². The molecule has 0 bridgehead atoms. The molecule has 2 fully saturated rings. The van der Waals surface area contributed by atoms with Crippen LogP contribution in [-0.2, 0) is 14.3 Å². The van der Waals surface area contributed by atoms with Crippen molar-refractivity contribution in [2.75, 3.05) is 19.7 Å². The third-order valence-corrected chi connectivity index (χ3v) is 7.60. The van der Waals surface area contributed by atoms with Crippen LogP contribution in [0.1, 0.15) is 43.2 Å². The van der Waals surface area contributed by atoms with E-state index in [1.54, 1.807) is 4.90 Å². The minimum absolute atomic E-state index is 0.0342. The highest BCUT2D eigenvalue weighted by molar-refractivity contribution is 5.86. The molecule has 1 saturated heterocycles. The van der Waals surface area contributed by atoms with E-state index in [0.29, 0.717) is 25.9 Å². The third-order valence-electron chi connectivity index (χ3n) is 7.60. The highest BCUT2D eigenvalue weighted by atomic mass is 16.5. The highest BCUT2D eigenvalue weighted by Crippen LogP contribution is 2.51. The zero-order valence-electron chi connectivity index (χ0n) is 19.3. The molecule has 2 aliphatic carbocycles. The van der Waals surface area contributed by atoms with Gasteiger partial charge in [-0.1, -0.05) is 61.9 Å². The van der Waals surface area contributed by atoms with Crippen LogP contribution in [0.2, 0.25) is 0 Å². The summed E-state index contributed by atoms with van der Waals surface area (Å²) in [5, 5.41) is 12.1. The lowest BCUT2D eigenvalue weighted by Gasteiger charge is -2.30. The number of carboxylic acids is 1. The smallest absolute Gasteiger partial charge is 0.407 e. The van der Waals surface area contributed by atoms with Gasteiger partial charge in [-0.15, -0.1) is 0 Å².